The fourth-order valence-corrected chi connectivity index (χ4v) is 2.32. The van der Waals surface area contributed by atoms with E-state index < -0.39 is 0 Å². The van der Waals surface area contributed by atoms with Crippen molar-refractivity contribution in [3.05, 3.63) is 0 Å². The molecule has 0 aromatic rings. The normalized spacial score (nSPS) is 31.1. The predicted molar refractivity (Wildman–Crippen MR) is 57.5 cm³/mol. The first kappa shape index (κ1) is 10.4. The predicted octanol–water partition coefficient (Wildman–Crippen LogP) is 0.849. The van der Waals surface area contributed by atoms with Gasteiger partial charge in [-0.1, -0.05) is 0 Å². The first-order valence-corrected chi connectivity index (χ1v) is 5.88. The molecule has 1 atom stereocenters. The van der Waals surface area contributed by atoms with Crippen LogP contribution in [0.15, 0.2) is 0 Å². The highest BCUT2D eigenvalue weighted by Gasteiger charge is 2.19. The summed E-state index contributed by atoms with van der Waals surface area (Å²) in [7, 11) is 2.20. The maximum Gasteiger partial charge on any atom is 0.0700 e. The number of nitrogens with zero attached hydrogens (tertiary/aromatic N) is 1. The fourth-order valence-electron chi connectivity index (χ4n) is 2.32. The van der Waals surface area contributed by atoms with Crippen molar-refractivity contribution >= 4 is 0 Å². The van der Waals surface area contributed by atoms with Crippen LogP contribution < -0.4 is 5.32 Å². The van der Waals surface area contributed by atoms with Crippen LogP contribution in [0.2, 0.25) is 0 Å². The molecule has 2 fully saturated rings. The molecular formula is C11H22N2O. The lowest BCUT2D eigenvalue weighted by Gasteiger charge is -2.30. The first-order chi connectivity index (χ1) is 6.84. The van der Waals surface area contributed by atoms with Crippen LogP contribution in [0.3, 0.4) is 0 Å². The molecule has 3 nitrogen and oxygen atoms in total. The van der Waals surface area contributed by atoms with E-state index in [-0.39, 0.29) is 0 Å². The smallest absolute Gasteiger partial charge is 0.0700 e. The maximum atomic E-state index is 5.59. The van der Waals surface area contributed by atoms with E-state index >= 15 is 0 Å². The summed E-state index contributed by atoms with van der Waals surface area (Å²) in [5, 5.41) is 3.63. The Morgan fingerprint density at radius 1 is 1.29 bits per heavy atom. The molecule has 14 heavy (non-hydrogen) atoms. The Balaban J connectivity index is 1.60. The van der Waals surface area contributed by atoms with Crippen molar-refractivity contribution in [1.29, 1.82) is 0 Å². The summed E-state index contributed by atoms with van der Waals surface area (Å²) in [5.74, 6) is 0. The zero-order valence-corrected chi connectivity index (χ0v) is 9.17. The van der Waals surface area contributed by atoms with Gasteiger partial charge in [-0.3, -0.25) is 0 Å². The lowest BCUT2D eigenvalue weighted by atomic mass is 10.1. The van der Waals surface area contributed by atoms with Gasteiger partial charge in [0.25, 0.3) is 0 Å². The topological polar surface area (TPSA) is 24.5 Å². The lowest BCUT2D eigenvalue weighted by molar-refractivity contribution is 0.103. The van der Waals surface area contributed by atoms with Crippen molar-refractivity contribution in [2.75, 3.05) is 33.3 Å². The molecular weight excluding hydrogens is 176 g/mol. The molecule has 0 aromatic carbocycles. The molecule has 0 bridgehead atoms. The standard InChI is InChI=1S/C11H22N2O/c1-13-6-4-10(5-7-13)12-9-11-3-2-8-14-11/h10-12H,2-9H2,1H3. The van der Waals surface area contributed by atoms with E-state index in [1.165, 1.54) is 38.8 Å². The van der Waals surface area contributed by atoms with Gasteiger partial charge in [-0.25, -0.2) is 0 Å². The van der Waals surface area contributed by atoms with E-state index in [4.69, 9.17) is 4.74 Å². The summed E-state index contributed by atoms with van der Waals surface area (Å²) in [6.45, 7) is 4.51. The van der Waals surface area contributed by atoms with Crippen molar-refractivity contribution < 1.29 is 4.74 Å². The van der Waals surface area contributed by atoms with E-state index in [0.29, 0.717) is 6.10 Å². The summed E-state index contributed by atoms with van der Waals surface area (Å²) in [5.41, 5.74) is 0. The van der Waals surface area contributed by atoms with E-state index in [2.05, 4.69) is 17.3 Å². The van der Waals surface area contributed by atoms with Crippen LogP contribution in [0.25, 0.3) is 0 Å². The lowest BCUT2D eigenvalue weighted by Crippen LogP contribution is -2.43. The Kier molecular flexibility index (Phi) is 3.79. The second-order valence-electron chi connectivity index (χ2n) is 4.62. The molecule has 3 heteroatoms. The van der Waals surface area contributed by atoms with Crippen LogP contribution in [0.1, 0.15) is 25.7 Å². The Morgan fingerprint density at radius 3 is 2.71 bits per heavy atom. The van der Waals surface area contributed by atoms with Crippen molar-refractivity contribution in [2.45, 2.75) is 37.8 Å². The number of nitrogens with one attached hydrogen (secondary N) is 1. The maximum absolute atomic E-state index is 5.59. The quantitative estimate of drug-likeness (QED) is 0.727. The Morgan fingerprint density at radius 2 is 2.07 bits per heavy atom. The minimum absolute atomic E-state index is 0.495. The number of ether oxygens (including phenoxy) is 1. The summed E-state index contributed by atoms with van der Waals surface area (Å²) in [4.78, 5) is 2.41. The molecule has 1 N–H and O–H groups in total. The average Bonchev–Trinajstić information content (AvgIpc) is 2.70. The van der Waals surface area contributed by atoms with Crippen molar-refractivity contribution in [2.24, 2.45) is 0 Å². The third-order valence-corrected chi connectivity index (χ3v) is 3.38. The monoisotopic (exact) mass is 198 g/mol. The van der Waals surface area contributed by atoms with Gasteiger partial charge in [0, 0.05) is 19.2 Å². The van der Waals surface area contributed by atoms with Gasteiger partial charge in [0.2, 0.25) is 0 Å². The SMILES string of the molecule is CN1CCC(NCC2CCCO2)CC1. The molecule has 2 rings (SSSR count). The molecule has 0 aliphatic carbocycles. The van der Waals surface area contributed by atoms with Crippen molar-refractivity contribution in [1.82, 2.24) is 10.2 Å². The van der Waals surface area contributed by atoms with E-state index in [1.54, 1.807) is 0 Å². The number of rotatable bonds is 3. The van der Waals surface area contributed by atoms with Crippen LogP contribution in [0.5, 0.6) is 0 Å². The minimum Gasteiger partial charge on any atom is -0.377 e. The van der Waals surface area contributed by atoms with Crippen LogP contribution in [0.4, 0.5) is 0 Å². The van der Waals surface area contributed by atoms with Gasteiger partial charge in [0.15, 0.2) is 0 Å². The Bertz CT molecular complexity index is 161. The van der Waals surface area contributed by atoms with Crippen molar-refractivity contribution in [3.8, 4) is 0 Å². The molecule has 82 valence electrons. The Labute approximate surface area is 86.8 Å². The minimum atomic E-state index is 0.495. The molecule has 0 aromatic heterocycles. The number of likely N-dealkylation sites (tertiary alicyclic amines) is 1. The van der Waals surface area contributed by atoms with Gasteiger partial charge >= 0.3 is 0 Å². The summed E-state index contributed by atoms with van der Waals surface area (Å²) in [6.07, 6.45) is 5.58. The third kappa shape index (κ3) is 2.94. The summed E-state index contributed by atoms with van der Waals surface area (Å²) in [6, 6.07) is 0.732. The number of hydrogen-bond donors (Lipinski definition) is 1. The second kappa shape index (κ2) is 5.10. The molecule has 0 saturated carbocycles. The molecule has 0 spiro atoms. The Hall–Kier alpha value is -0.120. The van der Waals surface area contributed by atoms with Crippen LogP contribution in [-0.2, 0) is 4.74 Å². The number of piperidine rings is 1. The van der Waals surface area contributed by atoms with E-state index in [1.807, 2.05) is 0 Å². The van der Waals surface area contributed by atoms with Gasteiger partial charge in [-0.15, -0.1) is 0 Å². The third-order valence-electron chi connectivity index (χ3n) is 3.38. The largest absolute Gasteiger partial charge is 0.377 e. The second-order valence-corrected chi connectivity index (χ2v) is 4.62. The van der Waals surface area contributed by atoms with Gasteiger partial charge < -0.3 is 15.0 Å². The zero-order valence-electron chi connectivity index (χ0n) is 9.17. The zero-order chi connectivity index (χ0) is 9.80. The number of hydrogen-bond acceptors (Lipinski definition) is 3. The van der Waals surface area contributed by atoms with Crippen LogP contribution in [-0.4, -0.2) is 50.3 Å². The fraction of sp³-hybridized carbons (Fsp3) is 1.00. The van der Waals surface area contributed by atoms with Gasteiger partial charge in [0.05, 0.1) is 6.10 Å². The molecule has 0 amide bonds. The average molecular weight is 198 g/mol. The van der Waals surface area contributed by atoms with E-state index in [9.17, 15) is 0 Å². The summed E-state index contributed by atoms with van der Waals surface area (Å²) < 4.78 is 5.59. The molecule has 2 aliphatic heterocycles. The van der Waals surface area contributed by atoms with Crippen LogP contribution in [0, 0.1) is 0 Å². The van der Waals surface area contributed by atoms with Crippen LogP contribution >= 0.6 is 0 Å². The molecule has 2 heterocycles. The van der Waals surface area contributed by atoms with Crippen molar-refractivity contribution in [3.63, 3.8) is 0 Å². The highest BCUT2D eigenvalue weighted by Crippen LogP contribution is 2.13. The molecule has 2 aliphatic rings. The highest BCUT2D eigenvalue weighted by atomic mass is 16.5. The van der Waals surface area contributed by atoms with Gasteiger partial charge in [0.1, 0.15) is 0 Å². The molecule has 1 unspecified atom stereocenters. The highest BCUT2D eigenvalue weighted by molar-refractivity contribution is 4.77. The summed E-state index contributed by atoms with van der Waals surface area (Å²) >= 11 is 0. The molecule has 0 radical (unpaired) electrons. The van der Waals surface area contributed by atoms with Gasteiger partial charge in [-0.05, 0) is 45.8 Å². The van der Waals surface area contributed by atoms with E-state index in [0.717, 1.165) is 19.2 Å². The first-order valence-electron chi connectivity index (χ1n) is 5.88. The van der Waals surface area contributed by atoms with Gasteiger partial charge in [-0.2, -0.15) is 0 Å². The molecule has 2 saturated heterocycles.